The van der Waals surface area contributed by atoms with Crippen molar-refractivity contribution in [3.05, 3.63) is 18.2 Å². The fourth-order valence-corrected chi connectivity index (χ4v) is 3.08. The maximum atomic E-state index is 6.14. The lowest BCUT2D eigenvalue weighted by atomic mass is 9.85. The van der Waals surface area contributed by atoms with E-state index in [0.29, 0.717) is 6.04 Å². The van der Waals surface area contributed by atoms with Crippen LogP contribution in [0.25, 0.3) is 0 Å². The van der Waals surface area contributed by atoms with Crippen LogP contribution in [0.5, 0.6) is 0 Å². The fourth-order valence-electron chi connectivity index (χ4n) is 3.08. The molecule has 2 heterocycles. The predicted molar refractivity (Wildman–Crippen MR) is 81.8 cm³/mol. The molecule has 0 amide bonds. The number of rotatable bonds is 7. The van der Waals surface area contributed by atoms with Gasteiger partial charge >= 0.3 is 0 Å². The number of aromatic nitrogens is 2. The Hall–Kier alpha value is -0.870. The second-order valence-corrected chi connectivity index (χ2v) is 6.12. The third-order valence-corrected chi connectivity index (χ3v) is 4.45. The van der Waals surface area contributed by atoms with E-state index in [1.807, 2.05) is 12.4 Å². The van der Waals surface area contributed by atoms with Crippen molar-refractivity contribution in [3.8, 4) is 0 Å². The van der Waals surface area contributed by atoms with Crippen LogP contribution in [0, 0.1) is 0 Å². The zero-order valence-electron chi connectivity index (χ0n) is 13.2. The van der Waals surface area contributed by atoms with E-state index < -0.39 is 0 Å². The van der Waals surface area contributed by atoms with E-state index in [1.54, 1.807) is 0 Å². The van der Waals surface area contributed by atoms with E-state index in [4.69, 9.17) is 4.74 Å². The molecule has 2 unspecified atom stereocenters. The second-order valence-electron chi connectivity index (χ2n) is 6.12. The highest BCUT2D eigenvalue weighted by molar-refractivity contribution is 4.97. The van der Waals surface area contributed by atoms with Gasteiger partial charge in [-0.1, -0.05) is 6.92 Å². The van der Waals surface area contributed by atoms with Crippen molar-refractivity contribution < 1.29 is 4.74 Å². The molecule has 1 N–H and O–H groups in total. The van der Waals surface area contributed by atoms with Gasteiger partial charge in [0.15, 0.2) is 0 Å². The molecule has 1 fully saturated rings. The van der Waals surface area contributed by atoms with Crippen LogP contribution in [0.15, 0.2) is 12.4 Å². The van der Waals surface area contributed by atoms with Gasteiger partial charge in [-0.3, -0.25) is 0 Å². The van der Waals surface area contributed by atoms with Crippen LogP contribution in [-0.2, 0) is 18.2 Å². The lowest BCUT2D eigenvalue weighted by molar-refractivity contribution is -0.0899. The molecule has 1 saturated heterocycles. The summed E-state index contributed by atoms with van der Waals surface area (Å²) < 4.78 is 8.25. The number of ether oxygens (including phenoxy) is 1. The van der Waals surface area contributed by atoms with Gasteiger partial charge in [-0.05, 0) is 45.6 Å². The quantitative estimate of drug-likeness (QED) is 0.834. The highest BCUT2D eigenvalue weighted by Gasteiger charge is 2.36. The topological polar surface area (TPSA) is 39.1 Å². The van der Waals surface area contributed by atoms with E-state index in [0.717, 1.165) is 44.7 Å². The van der Waals surface area contributed by atoms with E-state index >= 15 is 0 Å². The van der Waals surface area contributed by atoms with Crippen molar-refractivity contribution in [2.24, 2.45) is 7.05 Å². The van der Waals surface area contributed by atoms with E-state index in [9.17, 15) is 0 Å². The SMILES string of the molecule is CCCNC(CCc1nccn1C)C1(C)CCCCO1. The average molecular weight is 279 g/mol. The van der Waals surface area contributed by atoms with Crippen LogP contribution < -0.4 is 5.32 Å². The summed E-state index contributed by atoms with van der Waals surface area (Å²) in [5, 5.41) is 3.70. The molecule has 1 aliphatic rings. The Morgan fingerprint density at radius 2 is 2.35 bits per heavy atom. The molecule has 0 bridgehead atoms. The third-order valence-electron chi connectivity index (χ3n) is 4.45. The third kappa shape index (κ3) is 3.83. The summed E-state index contributed by atoms with van der Waals surface area (Å²) in [5.41, 5.74) is -0.0153. The molecule has 4 nitrogen and oxygen atoms in total. The second kappa shape index (κ2) is 7.23. The molecule has 0 aliphatic carbocycles. The number of imidazole rings is 1. The molecule has 0 radical (unpaired) electrons. The normalized spacial score (nSPS) is 24.8. The Morgan fingerprint density at radius 1 is 1.50 bits per heavy atom. The summed E-state index contributed by atoms with van der Waals surface area (Å²) in [6.45, 7) is 6.46. The molecule has 0 spiro atoms. The zero-order valence-corrected chi connectivity index (χ0v) is 13.2. The monoisotopic (exact) mass is 279 g/mol. The van der Waals surface area contributed by atoms with Crippen molar-refractivity contribution in [1.29, 1.82) is 0 Å². The average Bonchev–Trinajstić information content (AvgIpc) is 2.85. The highest BCUT2D eigenvalue weighted by Crippen LogP contribution is 2.30. The van der Waals surface area contributed by atoms with Crippen molar-refractivity contribution in [3.63, 3.8) is 0 Å². The van der Waals surface area contributed by atoms with Crippen molar-refractivity contribution >= 4 is 0 Å². The first kappa shape index (κ1) is 15.5. The number of nitrogens with zero attached hydrogens (tertiary/aromatic N) is 2. The summed E-state index contributed by atoms with van der Waals surface area (Å²) in [6.07, 6.45) is 10.8. The molecule has 1 aromatic heterocycles. The smallest absolute Gasteiger partial charge is 0.108 e. The molecule has 1 aliphatic heterocycles. The summed E-state index contributed by atoms with van der Waals surface area (Å²) in [5.74, 6) is 1.16. The van der Waals surface area contributed by atoms with Crippen LogP contribution in [0.2, 0.25) is 0 Å². The van der Waals surface area contributed by atoms with Crippen LogP contribution in [0.3, 0.4) is 0 Å². The van der Waals surface area contributed by atoms with Gasteiger partial charge in [0.1, 0.15) is 5.82 Å². The first-order valence-corrected chi connectivity index (χ1v) is 7.99. The minimum atomic E-state index is -0.0153. The number of nitrogens with one attached hydrogen (secondary N) is 1. The molecular formula is C16H29N3O. The lowest BCUT2D eigenvalue weighted by Gasteiger charge is -2.41. The fraction of sp³-hybridized carbons (Fsp3) is 0.812. The Labute approximate surface area is 122 Å². The molecule has 2 atom stereocenters. The first-order valence-electron chi connectivity index (χ1n) is 7.99. The van der Waals surface area contributed by atoms with Gasteiger partial charge in [0, 0.05) is 38.5 Å². The summed E-state index contributed by atoms with van der Waals surface area (Å²) in [4.78, 5) is 4.43. The molecule has 2 rings (SSSR count). The maximum Gasteiger partial charge on any atom is 0.108 e. The van der Waals surface area contributed by atoms with Crippen LogP contribution in [-0.4, -0.2) is 34.3 Å². The lowest BCUT2D eigenvalue weighted by Crippen LogP contribution is -2.52. The van der Waals surface area contributed by atoms with Gasteiger partial charge < -0.3 is 14.6 Å². The number of hydrogen-bond donors (Lipinski definition) is 1. The van der Waals surface area contributed by atoms with E-state index in [1.165, 1.54) is 12.8 Å². The van der Waals surface area contributed by atoms with Crippen molar-refractivity contribution in [2.45, 2.75) is 64.0 Å². The summed E-state index contributed by atoms with van der Waals surface area (Å²) in [6, 6.07) is 0.416. The van der Waals surface area contributed by atoms with Crippen LogP contribution >= 0.6 is 0 Å². The van der Waals surface area contributed by atoms with Crippen LogP contribution in [0.4, 0.5) is 0 Å². The molecule has 20 heavy (non-hydrogen) atoms. The van der Waals surface area contributed by atoms with E-state index in [2.05, 4.69) is 35.8 Å². The van der Waals surface area contributed by atoms with Gasteiger partial charge in [-0.2, -0.15) is 0 Å². The Morgan fingerprint density at radius 3 is 2.95 bits per heavy atom. The number of hydrogen-bond acceptors (Lipinski definition) is 3. The van der Waals surface area contributed by atoms with Gasteiger partial charge in [0.05, 0.1) is 5.60 Å². The van der Waals surface area contributed by atoms with Crippen molar-refractivity contribution in [2.75, 3.05) is 13.2 Å². The standard InChI is InChI=1S/C16H29N3O/c1-4-10-17-14(16(2)9-5-6-13-20-16)7-8-15-18-11-12-19(15)3/h11-12,14,17H,4-10,13H2,1-3H3. The first-order chi connectivity index (χ1) is 9.65. The zero-order chi connectivity index (χ0) is 14.4. The molecule has 1 aromatic rings. The summed E-state index contributed by atoms with van der Waals surface area (Å²) >= 11 is 0. The van der Waals surface area contributed by atoms with Gasteiger partial charge in [0.25, 0.3) is 0 Å². The van der Waals surface area contributed by atoms with E-state index in [-0.39, 0.29) is 5.60 Å². The maximum absolute atomic E-state index is 6.14. The van der Waals surface area contributed by atoms with Gasteiger partial charge in [0.2, 0.25) is 0 Å². The molecular weight excluding hydrogens is 250 g/mol. The molecule has 4 heteroatoms. The molecule has 114 valence electrons. The highest BCUT2D eigenvalue weighted by atomic mass is 16.5. The largest absolute Gasteiger partial charge is 0.374 e. The summed E-state index contributed by atoms with van der Waals surface area (Å²) in [7, 11) is 2.07. The molecule has 0 saturated carbocycles. The Bertz CT molecular complexity index is 396. The number of aryl methyl sites for hydroxylation is 2. The van der Waals surface area contributed by atoms with Gasteiger partial charge in [-0.15, -0.1) is 0 Å². The Kier molecular flexibility index (Phi) is 5.61. The Balaban J connectivity index is 1.97. The van der Waals surface area contributed by atoms with Crippen LogP contribution in [0.1, 0.15) is 51.8 Å². The minimum absolute atomic E-state index is 0.0153. The van der Waals surface area contributed by atoms with Gasteiger partial charge in [-0.25, -0.2) is 4.98 Å². The molecule has 0 aromatic carbocycles. The minimum Gasteiger partial charge on any atom is -0.374 e. The predicted octanol–water partition coefficient (Wildman–Crippen LogP) is 2.68. The van der Waals surface area contributed by atoms with Crippen molar-refractivity contribution in [1.82, 2.24) is 14.9 Å².